The molecule has 3 nitrogen and oxygen atoms in total. The summed E-state index contributed by atoms with van der Waals surface area (Å²) in [5.41, 5.74) is 2.31. The van der Waals surface area contributed by atoms with Gasteiger partial charge in [-0.2, -0.15) is 0 Å². The van der Waals surface area contributed by atoms with Gasteiger partial charge in [0.25, 0.3) is 0 Å². The van der Waals surface area contributed by atoms with E-state index in [1.165, 1.54) is 5.57 Å². The van der Waals surface area contributed by atoms with Crippen LogP contribution < -0.4 is 0 Å². The SMILES string of the molecule is CCOC(=O)N1C=C2C=CC=C2C1. The minimum Gasteiger partial charge on any atom is -0.449 e. The molecule has 0 aromatic rings. The molecule has 0 unspecified atom stereocenters. The highest BCUT2D eigenvalue weighted by Crippen LogP contribution is 2.26. The molecule has 1 amide bonds. The van der Waals surface area contributed by atoms with Crippen LogP contribution in [0.3, 0.4) is 0 Å². The third-order valence-corrected chi connectivity index (χ3v) is 2.08. The molecule has 0 atom stereocenters. The fourth-order valence-corrected chi connectivity index (χ4v) is 1.46. The monoisotopic (exact) mass is 177 g/mol. The van der Waals surface area contributed by atoms with Crippen LogP contribution >= 0.6 is 0 Å². The normalized spacial score (nSPS) is 18.4. The molecule has 0 bridgehead atoms. The Morgan fingerprint density at radius 2 is 2.54 bits per heavy atom. The Balaban J connectivity index is 2.07. The van der Waals surface area contributed by atoms with Gasteiger partial charge in [0.2, 0.25) is 0 Å². The Labute approximate surface area is 77.0 Å². The number of ether oxygens (including phenoxy) is 1. The molecule has 3 heteroatoms. The first kappa shape index (κ1) is 8.10. The van der Waals surface area contributed by atoms with Crippen LogP contribution in [-0.2, 0) is 4.74 Å². The maximum atomic E-state index is 11.3. The average Bonchev–Trinajstić information content (AvgIpc) is 2.61. The summed E-state index contributed by atoms with van der Waals surface area (Å²) < 4.78 is 4.88. The Hall–Kier alpha value is -1.51. The summed E-state index contributed by atoms with van der Waals surface area (Å²) in [7, 11) is 0. The molecule has 2 aliphatic rings. The first-order chi connectivity index (χ1) is 6.31. The van der Waals surface area contributed by atoms with Crippen LogP contribution in [0, 0.1) is 0 Å². The van der Waals surface area contributed by atoms with Crippen LogP contribution in [0.2, 0.25) is 0 Å². The standard InChI is InChI=1S/C10H11NO2/c1-2-13-10(12)11-6-8-4-3-5-9(8)7-11/h3-6H,2,7H2,1H3. The summed E-state index contributed by atoms with van der Waals surface area (Å²) >= 11 is 0. The molecule has 0 saturated carbocycles. The van der Waals surface area contributed by atoms with E-state index in [9.17, 15) is 4.79 Å². The van der Waals surface area contributed by atoms with Gasteiger partial charge in [0, 0.05) is 6.20 Å². The Bertz CT molecular complexity index is 326. The van der Waals surface area contributed by atoms with Gasteiger partial charge in [-0.1, -0.05) is 18.2 Å². The van der Waals surface area contributed by atoms with Crippen LogP contribution in [0.15, 0.2) is 35.6 Å². The lowest BCUT2D eigenvalue weighted by Gasteiger charge is -2.11. The number of amides is 1. The first-order valence-corrected chi connectivity index (χ1v) is 4.34. The van der Waals surface area contributed by atoms with Gasteiger partial charge in [-0.15, -0.1) is 0 Å². The van der Waals surface area contributed by atoms with Crippen molar-refractivity contribution in [2.24, 2.45) is 0 Å². The number of rotatable bonds is 1. The highest BCUT2D eigenvalue weighted by Gasteiger charge is 2.23. The number of carbonyl (C=O) groups is 1. The van der Waals surface area contributed by atoms with Crippen molar-refractivity contribution in [2.45, 2.75) is 6.92 Å². The van der Waals surface area contributed by atoms with Crippen molar-refractivity contribution in [1.29, 1.82) is 0 Å². The molecule has 0 saturated heterocycles. The summed E-state index contributed by atoms with van der Waals surface area (Å²) in [5, 5.41) is 0. The molecule has 1 aliphatic carbocycles. The molecule has 1 heterocycles. The quantitative estimate of drug-likeness (QED) is 0.611. The molecular weight excluding hydrogens is 166 g/mol. The number of allylic oxidation sites excluding steroid dienone is 3. The fraction of sp³-hybridized carbons (Fsp3) is 0.300. The van der Waals surface area contributed by atoms with E-state index < -0.39 is 0 Å². The zero-order valence-electron chi connectivity index (χ0n) is 7.49. The number of nitrogens with zero attached hydrogens (tertiary/aromatic N) is 1. The molecule has 0 fully saturated rings. The van der Waals surface area contributed by atoms with Gasteiger partial charge in [-0.25, -0.2) is 4.79 Å². The topological polar surface area (TPSA) is 29.5 Å². The van der Waals surface area contributed by atoms with E-state index in [4.69, 9.17) is 4.74 Å². The van der Waals surface area contributed by atoms with E-state index in [1.54, 1.807) is 11.8 Å². The molecule has 0 aromatic heterocycles. The third-order valence-electron chi connectivity index (χ3n) is 2.08. The van der Waals surface area contributed by atoms with Crippen LogP contribution in [0.5, 0.6) is 0 Å². The molecule has 68 valence electrons. The maximum absolute atomic E-state index is 11.3. The molecule has 0 N–H and O–H groups in total. The number of fused-ring (bicyclic) bond motifs is 1. The van der Waals surface area contributed by atoms with Crippen LogP contribution in [-0.4, -0.2) is 24.1 Å². The van der Waals surface area contributed by atoms with Crippen LogP contribution in [0.25, 0.3) is 0 Å². The lowest BCUT2D eigenvalue weighted by molar-refractivity contribution is 0.126. The van der Waals surface area contributed by atoms with Crippen molar-refractivity contribution in [3.63, 3.8) is 0 Å². The van der Waals surface area contributed by atoms with Gasteiger partial charge in [0.15, 0.2) is 0 Å². The van der Waals surface area contributed by atoms with Gasteiger partial charge in [0.05, 0.1) is 13.2 Å². The molecular formula is C10H11NO2. The van der Waals surface area contributed by atoms with Gasteiger partial charge < -0.3 is 4.74 Å². The summed E-state index contributed by atoms with van der Waals surface area (Å²) in [6.07, 6.45) is 7.56. The van der Waals surface area contributed by atoms with Crippen molar-refractivity contribution < 1.29 is 9.53 Å². The van der Waals surface area contributed by atoms with Gasteiger partial charge in [0.1, 0.15) is 0 Å². The first-order valence-electron chi connectivity index (χ1n) is 4.34. The summed E-state index contributed by atoms with van der Waals surface area (Å²) in [5.74, 6) is 0. The molecule has 0 spiro atoms. The molecule has 1 aliphatic heterocycles. The van der Waals surface area contributed by atoms with Gasteiger partial charge in [-0.05, 0) is 18.1 Å². The van der Waals surface area contributed by atoms with Crippen molar-refractivity contribution in [1.82, 2.24) is 4.90 Å². The van der Waals surface area contributed by atoms with Gasteiger partial charge in [-0.3, -0.25) is 4.90 Å². The second-order valence-electron chi connectivity index (χ2n) is 2.96. The third kappa shape index (κ3) is 1.37. The molecule has 2 rings (SSSR count). The minimum absolute atomic E-state index is 0.265. The number of hydrogen-bond acceptors (Lipinski definition) is 2. The molecule has 13 heavy (non-hydrogen) atoms. The largest absolute Gasteiger partial charge is 0.449 e. The highest BCUT2D eigenvalue weighted by atomic mass is 16.6. The molecule has 0 aromatic carbocycles. The predicted molar refractivity (Wildman–Crippen MR) is 49.0 cm³/mol. The minimum atomic E-state index is -0.265. The number of carbonyl (C=O) groups excluding carboxylic acids is 1. The Morgan fingerprint density at radius 3 is 3.23 bits per heavy atom. The van der Waals surface area contributed by atoms with Crippen molar-refractivity contribution in [2.75, 3.05) is 13.2 Å². The fourth-order valence-electron chi connectivity index (χ4n) is 1.46. The maximum Gasteiger partial charge on any atom is 0.414 e. The zero-order chi connectivity index (χ0) is 9.26. The van der Waals surface area contributed by atoms with Crippen molar-refractivity contribution in [3.8, 4) is 0 Å². The van der Waals surface area contributed by atoms with E-state index in [2.05, 4.69) is 0 Å². The second-order valence-corrected chi connectivity index (χ2v) is 2.96. The second kappa shape index (κ2) is 3.09. The van der Waals surface area contributed by atoms with Crippen molar-refractivity contribution in [3.05, 3.63) is 35.6 Å². The summed E-state index contributed by atoms with van der Waals surface area (Å²) in [6, 6.07) is 0. The van der Waals surface area contributed by atoms with E-state index >= 15 is 0 Å². The highest BCUT2D eigenvalue weighted by molar-refractivity contribution is 5.72. The average molecular weight is 177 g/mol. The smallest absolute Gasteiger partial charge is 0.414 e. The molecule has 0 radical (unpaired) electrons. The lowest BCUT2D eigenvalue weighted by atomic mass is 10.2. The van der Waals surface area contributed by atoms with E-state index in [1.807, 2.05) is 24.4 Å². The summed E-state index contributed by atoms with van der Waals surface area (Å²) in [4.78, 5) is 12.9. The van der Waals surface area contributed by atoms with Crippen molar-refractivity contribution >= 4 is 6.09 Å². The lowest BCUT2D eigenvalue weighted by Crippen LogP contribution is -2.24. The van der Waals surface area contributed by atoms with Gasteiger partial charge >= 0.3 is 6.09 Å². The van der Waals surface area contributed by atoms with Crippen LogP contribution in [0.1, 0.15) is 6.92 Å². The van der Waals surface area contributed by atoms with E-state index in [-0.39, 0.29) is 6.09 Å². The summed E-state index contributed by atoms with van der Waals surface area (Å²) in [6.45, 7) is 2.87. The van der Waals surface area contributed by atoms with Crippen LogP contribution in [0.4, 0.5) is 4.79 Å². The van der Waals surface area contributed by atoms with E-state index in [0.717, 1.165) is 5.57 Å². The number of hydrogen-bond donors (Lipinski definition) is 0. The van der Waals surface area contributed by atoms with E-state index in [0.29, 0.717) is 13.2 Å². The zero-order valence-corrected chi connectivity index (χ0v) is 7.49. The Morgan fingerprint density at radius 1 is 1.69 bits per heavy atom. The Kier molecular flexibility index (Phi) is 1.93. The predicted octanol–water partition coefficient (Wildman–Crippen LogP) is 1.84.